The van der Waals surface area contributed by atoms with Crippen LogP contribution < -0.4 is 10.6 Å². The van der Waals surface area contributed by atoms with Crippen LogP contribution in [0.3, 0.4) is 0 Å². The first kappa shape index (κ1) is 20.6. The molecule has 4 rings (SSSR count). The second-order valence-electron chi connectivity index (χ2n) is 6.78. The number of amides is 2. The van der Waals surface area contributed by atoms with E-state index in [9.17, 15) is 14.0 Å². The zero-order chi connectivity index (χ0) is 21.8. The summed E-state index contributed by atoms with van der Waals surface area (Å²) in [6.45, 7) is 0. The van der Waals surface area contributed by atoms with E-state index < -0.39 is 17.6 Å². The molecule has 0 radical (unpaired) electrons. The molecular formula is C24H17BrFN3O2. The van der Waals surface area contributed by atoms with Gasteiger partial charge in [-0.25, -0.2) is 4.39 Å². The third-order valence-electron chi connectivity index (χ3n) is 4.60. The number of aromatic amines is 1. The van der Waals surface area contributed by atoms with E-state index in [4.69, 9.17) is 0 Å². The minimum Gasteiger partial charge on any atom is -0.361 e. The minimum atomic E-state index is -0.574. The van der Waals surface area contributed by atoms with Gasteiger partial charge < -0.3 is 15.6 Å². The molecule has 1 heterocycles. The average Bonchev–Trinajstić information content (AvgIpc) is 3.24. The molecule has 5 nitrogen and oxygen atoms in total. The Morgan fingerprint density at radius 1 is 0.968 bits per heavy atom. The largest absolute Gasteiger partial charge is 0.361 e. The summed E-state index contributed by atoms with van der Waals surface area (Å²) in [6.07, 6.45) is 3.11. The normalized spacial score (nSPS) is 11.4. The predicted molar refractivity (Wildman–Crippen MR) is 123 cm³/mol. The van der Waals surface area contributed by atoms with Crippen LogP contribution in [-0.2, 0) is 4.79 Å². The van der Waals surface area contributed by atoms with Crippen LogP contribution in [0.2, 0.25) is 0 Å². The predicted octanol–water partition coefficient (Wildman–Crippen LogP) is 5.48. The number of hydrogen-bond acceptors (Lipinski definition) is 2. The molecule has 7 heteroatoms. The molecule has 0 spiro atoms. The van der Waals surface area contributed by atoms with Crippen molar-refractivity contribution in [1.82, 2.24) is 10.3 Å². The van der Waals surface area contributed by atoms with Crippen LogP contribution in [0, 0.1) is 5.82 Å². The quantitative estimate of drug-likeness (QED) is 0.333. The number of rotatable bonds is 5. The van der Waals surface area contributed by atoms with Crippen LogP contribution in [0.15, 0.2) is 89.2 Å². The first-order valence-electron chi connectivity index (χ1n) is 9.41. The number of halogens is 2. The van der Waals surface area contributed by atoms with Crippen molar-refractivity contribution in [2.45, 2.75) is 0 Å². The summed E-state index contributed by atoms with van der Waals surface area (Å²) >= 11 is 3.30. The van der Waals surface area contributed by atoms with Crippen LogP contribution in [0.25, 0.3) is 17.0 Å². The Balaban J connectivity index is 1.66. The van der Waals surface area contributed by atoms with Crippen molar-refractivity contribution in [2.24, 2.45) is 0 Å². The fourth-order valence-corrected chi connectivity index (χ4v) is 3.43. The number of anilines is 1. The maximum absolute atomic E-state index is 14.3. The number of carbonyl (C=O) groups is 2. The highest BCUT2D eigenvalue weighted by Gasteiger charge is 2.16. The third kappa shape index (κ3) is 4.90. The zero-order valence-electron chi connectivity index (χ0n) is 16.2. The summed E-state index contributed by atoms with van der Waals surface area (Å²) in [5.41, 5.74) is 1.85. The molecule has 3 aromatic carbocycles. The van der Waals surface area contributed by atoms with E-state index in [1.54, 1.807) is 54.7 Å². The summed E-state index contributed by atoms with van der Waals surface area (Å²) in [5, 5.41) is 6.36. The Hall–Kier alpha value is -3.71. The molecule has 0 aliphatic carbocycles. The van der Waals surface area contributed by atoms with E-state index in [0.29, 0.717) is 15.7 Å². The molecule has 0 aliphatic heterocycles. The topological polar surface area (TPSA) is 74.0 Å². The maximum Gasteiger partial charge on any atom is 0.272 e. The molecule has 0 saturated heterocycles. The van der Waals surface area contributed by atoms with E-state index in [2.05, 4.69) is 31.5 Å². The molecule has 0 aliphatic rings. The summed E-state index contributed by atoms with van der Waals surface area (Å²) in [6, 6.07) is 20.2. The summed E-state index contributed by atoms with van der Waals surface area (Å²) < 4.78 is 15.0. The van der Waals surface area contributed by atoms with Gasteiger partial charge in [-0.15, -0.1) is 0 Å². The van der Waals surface area contributed by atoms with Gasteiger partial charge in [0.1, 0.15) is 11.5 Å². The Bertz CT molecular complexity index is 1300. The average molecular weight is 478 g/mol. The number of hydrogen-bond donors (Lipinski definition) is 3. The molecule has 0 saturated carbocycles. The molecule has 0 fully saturated rings. The molecule has 154 valence electrons. The second-order valence-corrected chi connectivity index (χ2v) is 7.69. The van der Waals surface area contributed by atoms with Gasteiger partial charge in [0.05, 0.1) is 0 Å². The monoisotopic (exact) mass is 477 g/mol. The van der Waals surface area contributed by atoms with E-state index >= 15 is 0 Å². The molecule has 0 unspecified atom stereocenters. The third-order valence-corrected chi connectivity index (χ3v) is 5.09. The van der Waals surface area contributed by atoms with Gasteiger partial charge in [-0.2, -0.15) is 0 Å². The van der Waals surface area contributed by atoms with E-state index in [1.807, 2.05) is 12.1 Å². The van der Waals surface area contributed by atoms with Gasteiger partial charge in [0, 0.05) is 33.0 Å². The van der Waals surface area contributed by atoms with Gasteiger partial charge in [0.15, 0.2) is 0 Å². The molecule has 3 N–H and O–H groups in total. The number of aromatic nitrogens is 1. The van der Waals surface area contributed by atoms with E-state index in [-0.39, 0.29) is 11.3 Å². The van der Waals surface area contributed by atoms with Crippen molar-refractivity contribution in [3.05, 3.63) is 106 Å². The van der Waals surface area contributed by atoms with Crippen molar-refractivity contribution >= 4 is 50.4 Å². The Labute approximate surface area is 186 Å². The molecule has 4 aromatic rings. The lowest BCUT2D eigenvalue weighted by atomic mass is 10.1. The van der Waals surface area contributed by atoms with E-state index in [0.717, 1.165) is 10.9 Å². The van der Waals surface area contributed by atoms with Crippen molar-refractivity contribution in [1.29, 1.82) is 0 Å². The van der Waals surface area contributed by atoms with Crippen LogP contribution in [0.4, 0.5) is 10.1 Å². The summed E-state index contributed by atoms with van der Waals surface area (Å²) in [5.74, 6) is -1.57. The number of benzene rings is 3. The lowest BCUT2D eigenvalue weighted by molar-refractivity contribution is -0.113. The number of H-pyrrole nitrogens is 1. The molecular weight excluding hydrogens is 461 g/mol. The molecule has 31 heavy (non-hydrogen) atoms. The van der Waals surface area contributed by atoms with Gasteiger partial charge in [0.25, 0.3) is 11.8 Å². The van der Waals surface area contributed by atoms with Gasteiger partial charge >= 0.3 is 0 Å². The van der Waals surface area contributed by atoms with Crippen LogP contribution in [-0.4, -0.2) is 16.8 Å². The van der Waals surface area contributed by atoms with Gasteiger partial charge in [-0.1, -0.05) is 40.2 Å². The molecule has 0 bridgehead atoms. The number of fused-ring (bicyclic) bond motifs is 1. The van der Waals surface area contributed by atoms with Crippen molar-refractivity contribution < 1.29 is 14.0 Å². The highest BCUT2D eigenvalue weighted by molar-refractivity contribution is 9.10. The first-order chi connectivity index (χ1) is 15.0. The van der Waals surface area contributed by atoms with Gasteiger partial charge in [-0.3, -0.25) is 9.59 Å². The van der Waals surface area contributed by atoms with E-state index in [1.165, 1.54) is 18.2 Å². The van der Waals surface area contributed by atoms with Crippen LogP contribution in [0.1, 0.15) is 15.9 Å². The lowest BCUT2D eigenvalue weighted by Gasteiger charge is -2.12. The highest BCUT2D eigenvalue weighted by atomic mass is 79.9. The Morgan fingerprint density at radius 2 is 1.77 bits per heavy atom. The van der Waals surface area contributed by atoms with Gasteiger partial charge in [0.2, 0.25) is 0 Å². The molecule has 0 atom stereocenters. The maximum atomic E-state index is 14.3. The van der Waals surface area contributed by atoms with Crippen LogP contribution in [0.5, 0.6) is 0 Å². The fraction of sp³-hybridized carbons (Fsp3) is 0. The van der Waals surface area contributed by atoms with Crippen molar-refractivity contribution in [2.75, 3.05) is 5.32 Å². The second kappa shape index (κ2) is 8.97. The highest BCUT2D eigenvalue weighted by Crippen LogP contribution is 2.20. The van der Waals surface area contributed by atoms with Crippen molar-refractivity contribution in [3.63, 3.8) is 0 Å². The number of nitrogens with one attached hydrogen (secondary N) is 3. The smallest absolute Gasteiger partial charge is 0.272 e. The minimum absolute atomic E-state index is 0.0857. The summed E-state index contributed by atoms with van der Waals surface area (Å²) in [4.78, 5) is 28.7. The SMILES string of the molecule is O=C(Nc1ccc2cc[nH]c2c1)/C(=C\c1cc(Br)ccc1F)NC(=O)c1ccccc1. The fourth-order valence-electron chi connectivity index (χ4n) is 3.05. The first-order valence-corrected chi connectivity index (χ1v) is 10.2. The molecule has 1 aromatic heterocycles. The lowest BCUT2D eigenvalue weighted by Crippen LogP contribution is -2.30. The Morgan fingerprint density at radius 3 is 2.58 bits per heavy atom. The standard InChI is InChI=1S/C24H17BrFN3O2/c25-18-7-9-20(26)17(12-18)13-22(29-23(30)16-4-2-1-3-5-16)24(31)28-19-8-6-15-10-11-27-21(15)14-19/h1-14,27H,(H,28,31)(H,29,30)/b22-13+. The zero-order valence-corrected chi connectivity index (χ0v) is 17.7. The Kier molecular flexibility index (Phi) is 5.95. The summed E-state index contributed by atoms with van der Waals surface area (Å²) in [7, 11) is 0. The van der Waals surface area contributed by atoms with Crippen molar-refractivity contribution in [3.8, 4) is 0 Å². The molecule has 2 amide bonds. The van der Waals surface area contributed by atoms with Crippen LogP contribution >= 0.6 is 15.9 Å². The number of carbonyl (C=O) groups excluding carboxylic acids is 2. The van der Waals surface area contributed by atoms with Gasteiger partial charge in [-0.05, 0) is 60.0 Å².